The van der Waals surface area contributed by atoms with Crippen molar-refractivity contribution in [1.29, 1.82) is 0 Å². The highest BCUT2D eigenvalue weighted by Crippen LogP contribution is 2.38. The zero-order valence-electron chi connectivity index (χ0n) is 26.1. The zero-order chi connectivity index (χ0) is 32.7. The van der Waals surface area contributed by atoms with Gasteiger partial charge in [-0.2, -0.15) is 0 Å². The molecule has 0 saturated carbocycles. The molecule has 0 unspecified atom stereocenters. The number of allylic oxidation sites excluding steroid dienone is 12. The number of aromatic nitrogens is 3. The molecular formula is C41H26N8. The van der Waals surface area contributed by atoms with Crippen molar-refractivity contribution in [2.45, 2.75) is 0 Å². The second kappa shape index (κ2) is 11.7. The van der Waals surface area contributed by atoms with Crippen LogP contribution in [0.4, 0.5) is 5.69 Å². The van der Waals surface area contributed by atoms with E-state index in [-0.39, 0.29) is 0 Å². The predicted molar refractivity (Wildman–Crippen MR) is 198 cm³/mol. The Labute approximate surface area is 282 Å². The topological polar surface area (TPSA) is 114 Å². The first-order chi connectivity index (χ1) is 24.2. The van der Waals surface area contributed by atoms with Gasteiger partial charge in [0.2, 0.25) is 0 Å². The van der Waals surface area contributed by atoms with Crippen LogP contribution in [0.15, 0.2) is 189 Å². The summed E-state index contributed by atoms with van der Waals surface area (Å²) in [6.07, 6.45) is 27.1. The minimum Gasteiger partial charge on any atom is -0.399 e. The number of hydrogen-bond acceptors (Lipinski definition) is 8. The lowest BCUT2D eigenvalue weighted by Gasteiger charge is -2.12. The molecule has 0 amide bonds. The number of nitrogens with zero attached hydrogens (tertiary/aromatic N) is 7. The van der Waals surface area contributed by atoms with E-state index >= 15 is 0 Å². The van der Waals surface area contributed by atoms with E-state index in [9.17, 15) is 0 Å². The van der Waals surface area contributed by atoms with Gasteiger partial charge in [0.1, 0.15) is 0 Å². The average molecular weight is 631 g/mol. The second-order valence-electron chi connectivity index (χ2n) is 11.7. The van der Waals surface area contributed by atoms with Crippen molar-refractivity contribution >= 4 is 50.8 Å². The van der Waals surface area contributed by atoms with Crippen molar-refractivity contribution in [3.05, 3.63) is 191 Å². The Balaban J connectivity index is 1.37. The van der Waals surface area contributed by atoms with Crippen LogP contribution in [0.1, 0.15) is 22.3 Å². The average Bonchev–Trinajstić information content (AvgIpc) is 3.98. The lowest BCUT2D eigenvalue weighted by atomic mass is 9.98. The van der Waals surface area contributed by atoms with Crippen LogP contribution in [-0.4, -0.2) is 37.8 Å². The van der Waals surface area contributed by atoms with Gasteiger partial charge in [-0.3, -0.25) is 15.0 Å². The number of anilines is 1. The maximum atomic E-state index is 6.12. The molecule has 0 saturated heterocycles. The number of hydrogen-bond donors (Lipinski definition) is 1. The van der Waals surface area contributed by atoms with E-state index in [0.29, 0.717) is 5.69 Å². The molecule has 0 aliphatic carbocycles. The molecule has 9 rings (SSSR count). The SMILES string of the molecule is Nc1ccc(C2=C3C=CC(=N3)C(c3ccncc3)=C3C=CC(=N3)C(c3ccncc3)=C3C=CC(=N3)C(c3ccncc3)=C3C=CC2=N3)cc1. The van der Waals surface area contributed by atoms with Gasteiger partial charge in [-0.25, -0.2) is 20.0 Å². The minimum absolute atomic E-state index is 0.686. The van der Waals surface area contributed by atoms with Gasteiger partial charge in [0.25, 0.3) is 0 Å². The number of fused-ring (bicyclic) bond motifs is 4. The molecule has 1 aromatic carbocycles. The van der Waals surface area contributed by atoms with Crippen molar-refractivity contribution in [1.82, 2.24) is 15.0 Å². The van der Waals surface area contributed by atoms with Gasteiger partial charge in [-0.15, -0.1) is 0 Å². The monoisotopic (exact) mass is 630 g/mol. The van der Waals surface area contributed by atoms with Gasteiger partial charge in [0.15, 0.2) is 0 Å². The maximum Gasteiger partial charge on any atom is 0.0738 e. The molecule has 8 heteroatoms. The Morgan fingerprint density at radius 2 is 0.571 bits per heavy atom. The largest absolute Gasteiger partial charge is 0.399 e. The molecule has 5 aliphatic heterocycles. The number of aliphatic imine (C=N–C) groups is 4. The van der Waals surface area contributed by atoms with E-state index in [1.807, 2.05) is 109 Å². The summed E-state index contributed by atoms with van der Waals surface area (Å²) in [5, 5.41) is 0. The summed E-state index contributed by atoms with van der Waals surface area (Å²) in [6.45, 7) is 0. The van der Waals surface area contributed by atoms with Gasteiger partial charge in [-0.05, 0) is 119 Å². The lowest BCUT2D eigenvalue weighted by Crippen LogP contribution is -2.04. The number of pyridine rings is 3. The summed E-state index contributed by atoms with van der Waals surface area (Å²) in [5.74, 6) is 0. The Hall–Kier alpha value is -6.93. The van der Waals surface area contributed by atoms with Gasteiger partial charge in [0.05, 0.1) is 45.6 Å². The van der Waals surface area contributed by atoms with E-state index in [4.69, 9.17) is 25.7 Å². The van der Waals surface area contributed by atoms with Crippen LogP contribution in [0, 0.1) is 0 Å². The Morgan fingerprint density at radius 3 is 0.857 bits per heavy atom. The van der Waals surface area contributed by atoms with Crippen LogP contribution < -0.4 is 5.73 Å². The summed E-state index contributed by atoms with van der Waals surface area (Å²) in [6, 6.07) is 19.8. The van der Waals surface area contributed by atoms with Crippen LogP contribution in [0.2, 0.25) is 0 Å². The molecule has 230 valence electrons. The second-order valence-corrected chi connectivity index (χ2v) is 11.7. The molecule has 0 fully saturated rings. The summed E-state index contributed by atoms with van der Waals surface area (Å²) in [5.41, 5.74) is 20.6. The summed E-state index contributed by atoms with van der Waals surface area (Å²) in [7, 11) is 0. The van der Waals surface area contributed by atoms with Crippen LogP contribution >= 0.6 is 0 Å². The highest BCUT2D eigenvalue weighted by Gasteiger charge is 2.27. The van der Waals surface area contributed by atoms with Crippen molar-refractivity contribution in [3.63, 3.8) is 0 Å². The summed E-state index contributed by atoms with van der Waals surface area (Å²) >= 11 is 0. The molecule has 3 aromatic heterocycles. The van der Waals surface area contributed by atoms with Crippen molar-refractivity contribution in [2.75, 3.05) is 5.73 Å². The van der Waals surface area contributed by atoms with Gasteiger partial charge in [0, 0.05) is 65.2 Å². The van der Waals surface area contributed by atoms with Crippen LogP contribution in [0.3, 0.4) is 0 Å². The van der Waals surface area contributed by atoms with E-state index in [2.05, 4.69) is 15.0 Å². The summed E-state index contributed by atoms with van der Waals surface area (Å²) < 4.78 is 0. The van der Waals surface area contributed by atoms with Gasteiger partial charge >= 0.3 is 0 Å². The first-order valence-corrected chi connectivity index (χ1v) is 15.8. The minimum atomic E-state index is 0.686. The maximum absolute atomic E-state index is 6.12. The van der Waals surface area contributed by atoms with E-state index in [0.717, 1.165) is 90.2 Å². The third kappa shape index (κ3) is 5.08. The van der Waals surface area contributed by atoms with Crippen molar-refractivity contribution in [3.8, 4) is 0 Å². The van der Waals surface area contributed by atoms with E-state index in [1.165, 1.54) is 0 Å². The standard InChI is InChI=1S/C41H26N8/c42-29-3-1-25(2-4-29)38-30-5-7-32(46-30)39(26-13-19-43-20-14-26)34-9-11-36(48-34)41(28-17-23-45-24-18-28)37-12-10-35(49-37)40(27-15-21-44-22-16-27)33-8-6-31(38)47-33/h1-24H,42H2. The quantitative estimate of drug-likeness (QED) is 0.236. The molecule has 5 aliphatic rings. The Bertz CT molecular complexity index is 2390. The predicted octanol–water partition coefficient (Wildman–Crippen LogP) is 7.46. The number of nitrogens with two attached hydrogens (primary N) is 1. The number of nitrogen functional groups attached to an aromatic ring is 1. The smallest absolute Gasteiger partial charge is 0.0738 e. The first-order valence-electron chi connectivity index (χ1n) is 15.8. The van der Waals surface area contributed by atoms with Crippen LogP contribution in [-0.2, 0) is 0 Å². The lowest BCUT2D eigenvalue weighted by molar-refractivity contribution is 1.31. The Kier molecular flexibility index (Phi) is 6.76. The van der Waals surface area contributed by atoms with Crippen LogP contribution in [0.25, 0.3) is 22.3 Å². The fraction of sp³-hybridized carbons (Fsp3) is 0. The number of benzene rings is 1. The molecular weight excluding hydrogens is 605 g/mol. The molecule has 2 N–H and O–H groups in total. The zero-order valence-corrected chi connectivity index (χ0v) is 26.1. The molecule has 8 nitrogen and oxygen atoms in total. The van der Waals surface area contributed by atoms with Crippen molar-refractivity contribution in [2.24, 2.45) is 20.0 Å². The number of rotatable bonds is 4. The fourth-order valence-electron chi connectivity index (χ4n) is 6.48. The Morgan fingerprint density at radius 1 is 0.306 bits per heavy atom. The first kappa shape index (κ1) is 28.3. The molecule has 0 atom stereocenters. The van der Waals surface area contributed by atoms with E-state index in [1.54, 1.807) is 37.2 Å². The highest BCUT2D eigenvalue weighted by atomic mass is 14.9. The molecule has 0 spiro atoms. The highest BCUT2D eigenvalue weighted by molar-refractivity contribution is 6.39. The molecule has 8 heterocycles. The molecule has 4 aromatic rings. The molecule has 8 bridgehead atoms. The van der Waals surface area contributed by atoms with Crippen LogP contribution in [0.5, 0.6) is 0 Å². The summed E-state index contributed by atoms with van der Waals surface area (Å²) in [4.78, 5) is 33.9. The van der Waals surface area contributed by atoms with E-state index < -0.39 is 0 Å². The van der Waals surface area contributed by atoms with Crippen molar-refractivity contribution < 1.29 is 0 Å². The molecule has 49 heavy (non-hydrogen) atoms. The third-order valence-corrected chi connectivity index (χ3v) is 8.72. The molecule has 0 radical (unpaired) electrons. The van der Waals surface area contributed by atoms with Gasteiger partial charge < -0.3 is 5.73 Å². The fourth-order valence-corrected chi connectivity index (χ4v) is 6.48. The normalized spacial score (nSPS) is 17.7. The van der Waals surface area contributed by atoms with Gasteiger partial charge in [-0.1, -0.05) is 12.1 Å². The third-order valence-electron chi connectivity index (χ3n) is 8.72.